The van der Waals surface area contributed by atoms with Crippen molar-refractivity contribution < 1.29 is 186 Å². The summed E-state index contributed by atoms with van der Waals surface area (Å²) in [7, 11) is -11.7. The van der Waals surface area contributed by atoms with E-state index in [0.717, 1.165) is 11.1 Å². The maximum absolute atomic E-state index is 12.2. The SMILES string of the molecule is CC(C)=CCC/C(C)=C/CC(C/C=C(\C)CC/C=C(\C)CNc1ccccc1C(=O)[O-])(P(=O)([O-])[O-])P(=O)([O-])[O-].[Na+].[Na+].[Na+].[Na+].[Na+]. The van der Waals surface area contributed by atoms with Crippen LogP contribution in [-0.4, -0.2) is 17.4 Å². The molecule has 0 fully saturated rings. The van der Waals surface area contributed by atoms with Gasteiger partial charge in [0.1, 0.15) is 0 Å². The van der Waals surface area contributed by atoms with Crippen molar-refractivity contribution in [1.29, 1.82) is 0 Å². The van der Waals surface area contributed by atoms with Gasteiger partial charge >= 0.3 is 148 Å². The van der Waals surface area contributed by atoms with Gasteiger partial charge in [-0.05, 0) is 79.2 Å². The zero-order valence-corrected chi connectivity index (χ0v) is 40.0. The number of carboxylic acids is 1. The monoisotopic (exact) mass is 693 g/mol. The number of hydrogen-bond donors (Lipinski definition) is 1. The molecular weight excluding hydrogens is 655 g/mol. The quantitative estimate of drug-likeness (QED) is 0.100. The minimum Gasteiger partial charge on any atom is -0.810 e. The summed E-state index contributed by atoms with van der Waals surface area (Å²) in [5.41, 5.74) is 3.81. The smallest absolute Gasteiger partial charge is 0.810 e. The number of benzene rings is 1. The zero-order chi connectivity index (χ0) is 29.9. The van der Waals surface area contributed by atoms with E-state index in [-0.39, 0.29) is 153 Å². The van der Waals surface area contributed by atoms with Crippen LogP contribution in [-0.2, 0) is 9.13 Å². The molecule has 0 radical (unpaired) electrons. The van der Waals surface area contributed by atoms with E-state index in [1.165, 1.54) is 18.2 Å². The normalized spacial score (nSPS) is 12.2. The number of hydrogen-bond acceptors (Lipinski definition) is 9. The number of nitrogens with one attached hydrogen (secondary N) is 1. The van der Waals surface area contributed by atoms with Gasteiger partial charge < -0.3 is 43.9 Å². The van der Waals surface area contributed by atoms with Crippen LogP contribution in [0.1, 0.15) is 83.5 Å². The second-order valence-electron chi connectivity index (χ2n) is 10.1. The van der Waals surface area contributed by atoms with Crippen LogP contribution in [0.5, 0.6) is 0 Å². The summed E-state index contributed by atoms with van der Waals surface area (Å²) in [6, 6.07) is 6.38. The summed E-state index contributed by atoms with van der Waals surface area (Å²) in [4.78, 5) is 56.9. The molecular formula is C28H38NNa5O8P2. The van der Waals surface area contributed by atoms with Gasteiger partial charge in [-0.15, -0.1) is 0 Å². The van der Waals surface area contributed by atoms with Crippen LogP contribution in [0.3, 0.4) is 0 Å². The molecule has 1 N–H and O–H groups in total. The van der Waals surface area contributed by atoms with E-state index >= 15 is 0 Å². The van der Waals surface area contributed by atoms with Gasteiger partial charge in [0.15, 0.2) is 0 Å². The second-order valence-corrected chi connectivity index (χ2v) is 14.1. The Balaban J connectivity index is -0.00000101. The number of carbonyl (C=O) groups is 1. The summed E-state index contributed by atoms with van der Waals surface area (Å²) in [6.07, 6.45) is 7.35. The number of carboxylic acid groups (broad SMARTS) is 1. The van der Waals surface area contributed by atoms with Crippen molar-refractivity contribution in [2.24, 2.45) is 0 Å². The molecule has 0 unspecified atom stereocenters. The van der Waals surface area contributed by atoms with Crippen LogP contribution in [0.15, 0.2) is 70.9 Å². The molecule has 0 bridgehead atoms. The molecule has 218 valence electrons. The van der Waals surface area contributed by atoms with E-state index in [4.69, 9.17) is 0 Å². The molecule has 0 heterocycles. The van der Waals surface area contributed by atoms with Crippen molar-refractivity contribution in [1.82, 2.24) is 0 Å². The molecule has 0 aliphatic carbocycles. The Morgan fingerprint density at radius 2 is 1.16 bits per heavy atom. The molecule has 0 saturated carbocycles. The van der Waals surface area contributed by atoms with Crippen molar-refractivity contribution in [3.63, 3.8) is 0 Å². The van der Waals surface area contributed by atoms with E-state index in [0.29, 0.717) is 49.1 Å². The predicted molar refractivity (Wildman–Crippen MR) is 146 cm³/mol. The Hall–Kier alpha value is 2.75. The van der Waals surface area contributed by atoms with Crippen LogP contribution in [0.2, 0.25) is 0 Å². The molecule has 1 aromatic rings. The van der Waals surface area contributed by atoms with Crippen LogP contribution in [0.25, 0.3) is 0 Å². The standard InChI is InChI=1S/C28H43NO8P2.5Na/c1-21(2)10-8-11-22(3)16-18-28(38(32,33)34,39(35,36)37)19-17-23(4)12-9-13-24(5)20-29-26-15-7-6-14-25(26)27(30)31;;;;;/h6-7,10,13-17,29H,8-9,11-12,18-20H2,1-5H3,(H,30,31)(H2,32,33,34)(H2,35,36,37);;;;;/q;5*+1/p-5/b22-16+,23-17+,24-13+;;;;;. The van der Waals surface area contributed by atoms with Crippen LogP contribution in [0, 0.1) is 0 Å². The first-order valence-corrected chi connectivity index (χ1v) is 15.8. The minimum absolute atomic E-state index is 0. The Morgan fingerprint density at radius 3 is 1.57 bits per heavy atom. The van der Waals surface area contributed by atoms with Gasteiger partial charge in [-0.2, -0.15) is 0 Å². The van der Waals surface area contributed by atoms with Crippen molar-refractivity contribution in [3.05, 3.63) is 76.4 Å². The van der Waals surface area contributed by atoms with Crippen molar-refractivity contribution in [2.45, 2.75) is 78.0 Å². The fraction of sp³-hybridized carbons (Fsp3) is 0.464. The van der Waals surface area contributed by atoms with Crippen molar-refractivity contribution in [3.8, 4) is 0 Å². The third-order valence-electron chi connectivity index (χ3n) is 6.40. The molecule has 0 amide bonds. The van der Waals surface area contributed by atoms with Crippen molar-refractivity contribution >= 4 is 26.8 Å². The Kier molecular flexibility index (Phi) is 35.0. The third kappa shape index (κ3) is 20.4. The number of carbonyl (C=O) groups excluding carboxylic acids is 1. The number of anilines is 1. The summed E-state index contributed by atoms with van der Waals surface area (Å²) in [5.74, 6) is -1.28. The molecule has 0 atom stereocenters. The first kappa shape index (κ1) is 56.1. The Labute approximate surface area is 373 Å². The van der Waals surface area contributed by atoms with E-state index in [1.807, 2.05) is 32.9 Å². The molecule has 0 aliphatic heterocycles. The van der Waals surface area contributed by atoms with Crippen molar-refractivity contribution in [2.75, 3.05) is 11.9 Å². The largest absolute Gasteiger partial charge is 1.00 e. The van der Waals surface area contributed by atoms with Gasteiger partial charge in [-0.1, -0.05) is 80.0 Å². The number of rotatable bonds is 16. The first-order valence-electron chi connectivity index (χ1n) is 12.7. The molecule has 0 saturated heterocycles. The Morgan fingerprint density at radius 1 is 0.727 bits per heavy atom. The van der Waals surface area contributed by atoms with E-state index < -0.39 is 38.9 Å². The molecule has 0 aliphatic rings. The predicted octanol–water partition coefficient (Wildman–Crippen LogP) is -11.8. The number of allylic oxidation sites excluding steroid dienone is 7. The first-order chi connectivity index (χ1) is 18.0. The van der Waals surface area contributed by atoms with Gasteiger partial charge in [-0.3, -0.25) is 0 Å². The fourth-order valence-electron chi connectivity index (χ4n) is 3.82. The van der Waals surface area contributed by atoms with E-state index in [9.17, 15) is 38.6 Å². The summed E-state index contributed by atoms with van der Waals surface area (Å²) < 4.78 is 24.3. The Bertz CT molecular complexity index is 1200. The van der Waals surface area contributed by atoms with Gasteiger partial charge in [0, 0.05) is 22.7 Å². The summed E-state index contributed by atoms with van der Waals surface area (Å²) in [5, 5.41) is 14.3. The van der Waals surface area contributed by atoms with E-state index in [1.54, 1.807) is 32.0 Å². The third-order valence-corrected chi connectivity index (χ3v) is 10.6. The number of aromatic carboxylic acids is 1. The average molecular weight is 694 g/mol. The molecule has 0 aromatic heterocycles. The fourth-order valence-corrected chi connectivity index (χ4v) is 6.28. The summed E-state index contributed by atoms with van der Waals surface area (Å²) in [6.45, 7) is 9.46. The molecule has 1 rings (SSSR count). The zero-order valence-electron chi connectivity index (χ0n) is 28.2. The van der Waals surface area contributed by atoms with Crippen LogP contribution in [0.4, 0.5) is 5.69 Å². The molecule has 44 heavy (non-hydrogen) atoms. The van der Waals surface area contributed by atoms with Crippen LogP contribution >= 0.6 is 15.2 Å². The maximum Gasteiger partial charge on any atom is 1.00 e. The van der Waals surface area contributed by atoms with Gasteiger partial charge in [0.25, 0.3) is 0 Å². The van der Waals surface area contributed by atoms with Gasteiger partial charge in [0.2, 0.25) is 0 Å². The molecule has 16 heteroatoms. The topological polar surface area (TPSA) is 179 Å². The van der Waals surface area contributed by atoms with Gasteiger partial charge in [-0.25, -0.2) is 0 Å². The van der Waals surface area contributed by atoms with Crippen LogP contribution < -0.4 is 178 Å². The van der Waals surface area contributed by atoms with E-state index in [2.05, 4.69) is 5.32 Å². The minimum atomic E-state index is -5.83. The average Bonchev–Trinajstić information content (AvgIpc) is 2.81. The van der Waals surface area contributed by atoms with Gasteiger partial charge in [0.05, 0.1) is 5.97 Å². The summed E-state index contributed by atoms with van der Waals surface area (Å²) >= 11 is 0. The molecule has 0 spiro atoms. The molecule has 1 aromatic carbocycles. The second kappa shape index (κ2) is 27.5. The number of para-hydroxylation sites is 1. The molecule has 9 nitrogen and oxygen atoms in total. The maximum atomic E-state index is 12.2.